The van der Waals surface area contributed by atoms with Crippen molar-refractivity contribution in [3.05, 3.63) is 105 Å². The number of pyridine rings is 1. The van der Waals surface area contributed by atoms with E-state index in [9.17, 15) is 14.9 Å². The molecule has 2 aromatic carbocycles. The Kier molecular flexibility index (Phi) is 8.42. The average molecular weight is 601 g/mol. The van der Waals surface area contributed by atoms with Gasteiger partial charge in [-0.15, -0.1) is 0 Å². The highest BCUT2D eigenvalue weighted by molar-refractivity contribution is 7.80. The van der Waals surface area contributed by atoms with E-state index in [0.29, 0.717) is 22.2 Å². The largest absolute Gasteiger partial charge is 0.494 e. The van der Waals surface area contributed by atoms with Crippen LogP contribution in [0.1, 0.15) is 40.3 Å². The summed E-state index contributed by atoms with van der Waals surface area (Å²) < 4.78 is 12.6. The predicted octanol–water partition coefficient (Wildman–Crippen LogP) is 5.48. The molecule has 4 aromatic rings. The average Bonchev–Trinajstić information content (AvgIpc) is 3.48. The fourth-order valence-electron chi connectivity index (χ4n) is 5.63. The summed E-state index contributed by atoms with van der Waals surface area (Å²) in [4.78, 5) is 29.8. The Bertz CT molecular complexity index is 1710. The van der Waals surface area contributed by atoms with E-state index in [1.54, 1.807) is 12.3 Å². The summed E-state index contributed by atoms with van der Waals surface area (Å²) in [6, 6.07) is 17.7. The SMILES string of the molecule is COCC(=O)Nc1ccc(N2C(=S)N[C@H](c3ccccn3)[C@@H]2c2cc(C)n(-c3ccc([N+](=O)[O-])cc3OC)c2C)cc1C. The van der Waals surface area contributed by atoms with E-state index in [0.717, 1.165) is 33.9 Å². The first-order chi connectivity index (χ1) is 20.6. The van der Waals surface area contributed by atoms with Gasteiger partial charge in [0.1, 0.15) is 12.4 Å². The molecule has 0 radical (unpaired) electrons. The fraction of sp³-hybridized carbons (Fsp3) is 0.258. The lowest BCUT2D eigenvalue weighted by molar-refractivity contribution is -0.384. The second-order valence-electron chi connectivity index (χ2n) is 10.3. The van der Waals surface area contributed by atoms with Gasteiger partial charge < -0.3 is 29.6 Å². The van der Waals surface area contributed by atoms with E-state index in [1.807, 2.05) is 61.7 Å². The first-order valence-corrected chi connectivity index (χ1v) is 14.0. The summed E-state index contributed by atoms with van der Waals surface area (Å²) in [7, 11) is 2.98. The molecule has 1 saturated heterocycles. The van der Waals surface area contributed by atoms with Crippen LogP contribution in [0.3, 0.4) is 0 Å². The number of nitro groups is 1. The number of thiocarbonyl (C=S) groups is 1. The second-order valence-corrected chi connectivity index (χ2v) is 10.6. The van der Waals surface area contributed by atoms with Crippen LogP contribution in [0.5, 0.6) is 5.75 Å². The Morgan fingerprint density at radius 3 is 2.56 bits per heavy atom. The van der Waals surface area contributed by atoms with Crippen LogP contribution < -0.4 is 20.3 Å². The van der Waals surface area contributed by atoms with Gasteiger partial charge in [0.15, 0.2) is 5.11 Å². The number of nitrogens with zero attached hydrogens (tertiary/aromatic N) is 4. The number of amides is 1. The lowest BCUT2D eigenvalue weighted by Crippen LogP contribution is -2.29. The molecule has 12 heteroatoms. The number of carbonyl (C=O) groups excluding carboxylic acids is 1. The molecule has 0 spiro atoms. The highest BCUT2D eigenvalue weighted by atomic mass is 32.1. The summed E-state index contributed by atoms with van der Waals surface area (Å²) in [5, 5.41) is 18.3. The lowest BCUT2D eigenvalue weighted by atomic mass is 9.96. The van der Waals surface area contributed by atoms with Crippen LogP contribution in [-0.2, 0) is 9.53 Å². The molecule has 43 heavy (non-hydrogen) atoms. The zero-order valence-electron chi connectivity index (χ0n) is 24.5. The molecule has 1 amide bonds. The molecule has 1 aliphatic rings. The molecular formula is C31H32N6O5S. The standard InChI is InChI=1S/C31H32N6O5S/c1-18-14-21(9-11-24(18)33-28(38)17-41-4)36-30(29(34-31(36)43)25-8-6-7-13-32-25)23-15-19(2)35(20(23)3)26-12-10-22(37(39)40)16-27(26)42-5/h6-16,29-30H,17H2,1-5H3,(H,33,38)(H,34,43)/t29-,30+/m1/s1. The van der Waals surface area contributed by atoms with Gasteiger partial charge in [-0.3, -0.25) is 19.9 Å². The van der Waals surface area contributed by atoms with Crippen molar-refractivity contribution in [3.8, 4) is 11.4 Å². The molecule has 5 rings (SSSR count). The molecule has 1 aliphatic heterocycles. The van der Waals surface area contributed by atoms with Crippen molar-refractivity contribution in [1.29, 1.82) is 0 Å². The molecule has 0 aliphatic carbocycles. The third kappa shape index (κ3) is 5.66. The number of hydrogen-bond acceptors (Lipinski definition) is 7. The molecular weight excluding hydrogens is 568 g/mol. The highest BCUT2D eigenvalue weighted by Gasteiger charge is 2.42. The zero-order chi connectivity index (χ0) is 30.8. The summed E-state index contributed by atoms with van der Waals surface area (Å²) in [6.45, 7) is 5.89. The van der Waals surface area contributed by atoms with Gasteiger partial charge >= 0.3 is 0 Å². The number of carbonyl (C=O) groups is 1. The maximum atomic E-state index is 12.2. The Morgan fingerprint density at radius 1 is 1.12 bits per heavy atom. The highest BCUT2D eigenvalue weighted by Crippen LogP contribution is 2.45. The molecule has 3 heterocycles. The number of nitro benzene ring substituents is 1. The maximum Gasteiger partial charge on any atom is 0.273 e. The van der Waals surface area contributed by atoms with Crippen LogP contribution in [0.4, 0.5) is 17.1 Å². The van der Waals surface area contributed by atoms with E-state index in [2.05, 4.69) is 26.6 Å². The number of benzene rings is 2. The van der Waals surface area contributed by atoms with Crippen LogP contribution >= 0.6 is 12.2 Å². The second kappa shape index (κ2) is 12.2. The van der Waals surface area contributed by atoms with Gasteiger partial charge in [0.25, 0.3) is 5.69 Å². The fourth-order valence-corrected chi connectivity index (χ4v) is 5.97. The van der Waals surface area contributed by atoms with Crippen molar-refractivity contribution in [1.82, 2.24) is 14.9 Å². The first kappa shape index (κ1) is 29.7. The molecule has 11 nitrogen and oxygen atoms in total. The molecule has 222 valence electrons. The Labute approximate surface area is 254 Å². The van der Waals surface area contributed by atoms with Crippen molar-refractivity contribution in [2.45, 2.75) is 32.9 Å². The molecule has 0 saturated carbocycles. The summed E-state index contributed by atoms with van der Waals surface area (Å²) in [6.07, 6.45) is 1.76. The Balaban J connectivity index is 1.63. The minimum absolute atomic E-state index is 0.0374. The number of methoxy groups -OCH3 is 2. The van der Waals surface area contributed by atoms with Gasteiger partial charge in [0.05, 0.1) is 41.6 Å². The number of non-ortho nitro benzene ring substituents is 1. The molecule has 1 fully saturated rings. The maximum absolute atomic E-state index is 12.2. The van der Waals surface area contributed by atoms with Crippen molar-refractivity contribution in [2.24, 2.45) is 0 Å². The van der Waals surface area contributed by atoms with E-state index in [-0.39, 0.29) is 30.3 Å². The smallest absolute Gasteiger partial charge is 0.273 e. The van der Waals surface area contributed by atoms with Gasteiger partial charge in [-0.25, -0.2) is 0 Å². The predicted molar refractivity (Wildman–Crippen MR) is 168 cm³/mol. The normalized spacial score (nSPS) is 16.2. The summed E-state index contributed by atoms with van der Waals surface area (Å²) >= 11 is 5.92. The van der Waals surface area contributed by atoms with Gasteiger partial charge in [0.2, 0.25) is 5.91 Å². The van der Waals surface area contributed by atoms with Crippen LogP contribution in [0.25, 0.3) is 5.69 Å². The number of aromatic nitrogens is 2. The number of rotatable bonds is 9. The number of nitrogens with one attached hydrogen (secondary N) is 2. The molecule has 0 bridgehead atoms. The van der Waals surface area contributed by atoms with Crippen LogP contribution in [0.15, 0.2) is 66.9 Å². The Morgan fingerprint density at radius 2 is 1.91 bits per heavy atom. The van der Waals surface area contributed by atoms with Crippen molar-refractivity contribution < 1.29 is 19.2 Å². The van der Waals surface area contributed by atoms with E-state index in [4.69, 9.17) is 21.7 Å². The summed E-state index contributed by atoms with van der Waals surface area (Å²) in [5.41, 5.74) is 6.71. The lowest BCUT2D eigenvalue weighted by Gasteiger charge is -2.29. The Hall–Kier alpha value is -4.81. The topological polar surface area (TPSA) is 124 Å². The molecule has 0 unspecified atom stereocenters. The minimum atomic E-state index is -0.441. The third-order valence-corrected chi connectivity index (χ3v) is 7.85. The molecule has 2 aromatic heterocycles. The summed E-state index contributed by atoms with van der Waals surface area (Å²) in [5.74, 6) is 0.154. The van der Waals surface area contributed by atoms with Gasteiger partial charge in [0, 0.05) is 42.1 Å². The van der Waals surface area contributed by atoms with Crippen molar-refractivity contribution in [3.63, 3.8) is 0 Å². The van der Waals surface area contributed by atoms with Crippen LogP contribution in [-0.4, -0.2) is 46.3 Å². The monoisotopic (exact) mass is 600 g/mol. The number of ether oxygens (including phenoxy) is 2. The van der Waals surface area contributed by atoms with Crippen LogP contribution in [0, 0.1) is 30.9 Å². The van der Waals surface area contributed by atoms with Crippen LogP contribution in [0.2, 0.25) is 0 Å². The zero-order valence-corrected chi connectivity index (χ0v) is 25.3. The quantitative estimate of drug-likeness (QED) is 0.146. The van der Waals surface area contributed by atoms with Crippen molar-refractivity contribution in [2.75, 3.05) is 31.0 Å². The van der Waals surface area contributed by atoms with Gasteiger partial charge in [-0.05, 0) is 86.6 Å². The third-order valence-electron chi connectivity index (χ3n) is 7.54. The first-order valence-electron chi connectivity index (χ1n) is 13.6. The number of anilines is 2. The molecule has 2 atom stereocenters. The van der Waals surface area contributed by atoms with Gasteiger partial charge in [-0.2, -0.15) is 0 Å². The van der Waals surface area contributed by atoms with Gasteiger partial charge in [-0.1, -0.05) is 6.07 Å². The van der Waals surface area contributed by atoms with Crippen molar-refractivity contribution >= 4 is 40.3 Å². The van der Waals surface area contributed by atoms with E-state index in [1.165, 1.54) is 26.4 Å². The van der Waals surface area contributed by atoms with E-state index < -0.39 is 4.92 Å². The molecule has 2 N–H and O–H groups in total. The van der Waals surface area contributed by atoms with E-state index >= 15 is 0 Å². The number of aryl methyl sites for hydroxylation is 2. The minimum Gasteiger partial charge on any atom is -0.494 e. The number of hydrogen-bond donors (Lipinski definition) is 2.